The van der Waals surface area contributed by atoms with Crippen molar-refractivity contribution in [3.63, 3.8) is 0 Å². The lowest BCUT2D eigenvalue weighted by molar-refractivity contribution is -0.124. The predicted octanol–water partition coefficient (Wildman–Crippen LogP) is 0.410. The van der Waals surface area contributed by atoms with Crippen molar-refractivity contribution in [3.05, 3.63) is 11.7 Å². The molecule has 3 N–H and O–H groups in total. The molecule has 0 radical (unpaired) electrons. The number of aryl methyl sites for hydroxylation is 1. The van der Waals surface area contributed by atoms with Crippen molar-refractivity contribution in [1.29, 1.82) is 0 Å². The molecule has 0 saturated heterocycles. The standard InChI is InChI=1S/C11H20N4O2/c1-7-14-8(17-15-7)5-6-13-10(16)9(12)11(2,3)4/h9H,5-6,12H2,1-4H3,(H,13,16). The molecule has 17 heavy (non-hydrogen) atoms. The van der Waals surface area contributed by atoms with Crippen molar-refractivity contribution in [3.8, 4) is 0 Å². The second-order valence-corrected chi connectivity index (χ2v) is 5.12. The average molecular weight is 240 g/mol. The van der Waals surface area contributed by atoms with Gasteiger partial charge in [0.25, 0.3) is 0 Å². The van der Waals surface area contributed by atoms with Crippen LogP contribution in [0.5, 0.6) is 0 Å². The molecule has 0 saturated carbocycles. The van der Waals surface area contributed by atoms with E-state index in [0.29, 0.717) is 24.7 Å². The van der Waals surface area contributed by atoms with Gasteiger partial charge in [0.05, 0.1) is 6.04 Å². The van der Waals surface area contributed by atoms with Gasteiger partial charge in [0.15, 0.2) is 5.82 Å². The Hall–Kier alpha value is -1.43. The van der Waals surface area contributed by atoms with Gasteiger partial charge < -0.3 is 15.6 Å². The van der Waals surface area contributed by atoms with Crippen LogP contribution in [0.15, 0.2) is 4.52 Å². The van der Waals surface area contributed by atoms with Gasteiger partial charge in [0, 0.05) is 13.0 Å². The summed E-state index contributed by atoms with van der Waals surface area (Å²) in [5.41, 5.74) is 5.57. The summed E-state index contributed by atoms with van der Waals surface area (Å²) in [5, 5.41) is 6.42. The minimum atomic E-state index is -0.521. The number of hydrogen-bond donors (Lipinski definition) is 2. The molecular weight excluding hydrogens is 220 g/mol. The molecule has 0 fully saturated rings. The first-order valence-electron chi connectivity index (χ1n) is 5.63. The van der Waals surface area contributed by atoms with Crippen molar-refractivity contribution in [2.75, 3.05) is 6.54 Å². The van der Waals surface area contributed by atoms with Gasteiger partial charge in [-0.3, -0.25) is 4.79 Å². The highest BCUT2D eigenvalue weighted by Crippen LogP contribution is 2.16. The number of aromatic nitrogens is 2. The normalized spacial score (nSPS) is 13.5. The van der Waals surface area contributed by atoms with Crippen LogP contribution in [0.1, 0.15) is 32.5 Å². The summed E-state index contributed by atoms with van der Waals surface area (Å²) in [6.45, 7) is 7.99. The molecule has 6 heteroatoms. The fraction of sp³-hybridized carbons (Fsp3) is 0.727. The van der Waals surface area contributed by atoms with Gasteiger partial charge in [-0.25, -0.2) is 0 Å². The van der Waals surface area contributed by atoms with E-state index < -0.39 is 6.04 Å². The van der Waals surface area contributed by atoms with Crippen molar-refractivity contribution in [1.82, 2.24) is 15.5 Å². The third-order valence-corrected chi connectivity index (χ3v) is 2.42. The lowest BCUT2D eigenvalue weighted by atomic mass is 9.87. The summed E-state index contributed by atoms with van der Waals surface area (Å²) in [4.78, 5) is 15.7. The maximum Gasteiger partial charge on any atom is 0.237 e. The monoisotopic (exact) mass is 240 g/mol. The highest BCUT2D eigenvalue weighted by Gasteiger charge is 2.27. The molecule has 1 aromatic rings. The van der Waals surface area contributed by atoms with E-state index in [0.717, 1.165) is 0 Å². The van der Waals surface area contributed by atoms with E-state index in [9.17, 15) is 4.79 Å². The van der Waals surface area contributed by atoms with E-state index in [1.165, 1.54) is 0 Å². The fourth-order valence-electron chi connectivity index (χ4n) is 1.24. The number of carbonyl (C=O) groups excluding carboxylic acids is 1. The van der Waals surface area contributed by atoms with Crippen LogP contribution in [-0.2, 0) is 11.2 Å². The average Bonchev–Trinajstić information content (AvgIpc) is 2.61. The van der Waals surface area contributed by atoms with Crippen LogP contribution in [0.2, 0.25) is 0 Å². The number of nitrogens with zero attached hydrogens (tertiary/aromatic N) is 2. The molecule has 0 spiro atoms. The highest BCUT2D eigenvalue weighted by atomic mass is 16.5. The van der Waals surface area contributed by atoms with Crippen LogP contribution in [0.25, 0.3) is 0 Å². The first-order chi connectivity index (χ1) is 7.80. The minimum Gasteiger partial charge on any atom is -0.354 e. The number of nitrogens with one attached hydrogen (secondary N) is 1. The van der Waals surface area contributed by atoms with Crippen LogP contribution in [0.4, 0.5) is 0 Å². The predicted molar refractivity (Wildman–Crippen MR) is 63.2 cm³/mol. The zero-order valence-corrected chi connectivity index (χ0v) is 10.8. The third-order valence-electron chi connectivity index (χ3n) is 2.42. The highest BCUT2D eigenvalue weighted by molar-refractivity contribution is 5.82. The molecule has 1 amide bonds. The third kappa shape index (κ3) is 4.14. The molecule has 1 rings (SSSR count). The molecule has 6 nitrogen and oxygen atoms in total. The van der Waals surface area contributed by atoms with E-state index in [2.05, 4.69) is 15.5 Å². The van der Waals surface area contributed by atoms with Crippen molar-refractivity contribution >= 4 is 5.91 Å². The van der Waals surface area contributed by atoms with Crippen molar-refractivity contribution in [2.24, 2.45) is 11.1 Å². The Morgan fingerprint density at radius 3 is 2.65 bits per heavy atom. The maximum atomic E-state index is 11.7. The quantitative estimate of drug-likeness (QED) is 0.795. The van der Waals surface area contributed by atoms with E-state index in [1.54, 1.807) is 6.92 Å². The van der Waals surface area contributed by atoms with Gasteiger partial charge in [0.1, 0.15) is 0 Å². The Kier molecular flexibility index (Phi) is 4.22. The Bertz CT molecular complexity index is 381. The van der Waals surface area contributed by atoms with Crippen LogP contribution >= 0.6 is 0 Å². The topological polar surface area (TPSA) is 94.0 Å². The molecule has 0 bridgehead atoms. The summed E-state index contributed by atoms with van der Waals surface area (Å²) >= 11 is 0. The molecule has 0 aliphatic carbocycles. The molecule has 1 aromatic heterocycles. The Morgan fingerprint density at radius 2 is 2.18 bits per heavy atom. The van der Waals surface area contributed by atoms with Gasteiger partial charge in [-0.05, 0) is 12.3 Å². The largest absolute Gasteiger partial charge is 0.354 e. The lowest BCUT2D eigenvalue weighted by Gasteiger charge is -2.25. The summed E-state index contributed by atoms with van der Waals surface area (Å²) in [5.74, 6) is 0.957. The number of rotatable bonds is 4. The molecule has 96 valence electrons. The number of hydrogen-bond acceptors (Lipinski definition) is 5. The first kappa shape index (κ1) is 13.6. The molecule has 1 heterocycles. The van der Waals surface area contributed by atoms with Gasteiger partial charge in [-0.15, -0.1) is 0 Å². The second kappa shape index (κ2) is 5.27. The molecule has 0 aliphatic rings. The maximum absolute atomic E-state index is 11.7. The molecule has 1 unspecified atom stereocenters. The van der Waals surface area contributed by atoms with Crippen molar-refractivity contribution < 1.29 is 9.32 Å². The first-order valence-corrected chi connectivity index (χ1v) is 5.63. The van der Waals surface area contributed by atoms with E-state index in [4.69, 9.17) is 10.3 Å². The molecule has 1 atom stereocenters. The summed E-state index contributed by atoms with van der Waals surface area (Å²) in [6, 6.07) is -0.521. The Balaban J connectivity index is 2.34. The number of nitrogens with two attached hydrogens (primary N) is 1. The Labute approximate surface area is 101 Å². The minimum absolute atomic E-state index is 0.159. The SMILES string of the molecule is Cc1noc(CCNC(=O)C(N)C(C)(C)C)n1. The van der Waals surface area contributed by atoms with Gasteiger partial charge >= 0.3 is 0 Å². The fourth-order valence-corrected chi connectivity index (χ4v) is 1.24. The van der Waals surface area contributed by atoms with E-state index in [-0.39, 0.29) is 11.3 Å². The zero-order valence-electron chi connectivity index (χ0n) is 10.8. The van der Waals surface area contributed by atoms with Gasteiger partial charge in [-0.1, -0.05) is 25.9 Å². The second-order valence-electron chi connectivity index (χ2n) is 5.12. The summed E-state index contributed by atoms with van der Waals surface area (Å²) < 4.78 is 4.93. The summed E-state index contributed by atoms with van der Waals surface area (Å²) in [7, 11) is 0. The number of amides is 1. The lowest BCUT2D eigenvalue weighted by Crippen LogP contribution is -2.49. The van der Waals surface area contributed by atoms with Crippen molar-refractivity contribution in [2.45, 2.75) is 40.2 Å². The number of carbonyl (C=O) groups is 1. The van der Waals surface area contributed by atoms with E-state index >= 15 is 0 Å². The van der Waals surface area contributed by atoms with Crippen LogP contribution in [0, 0.1) is 12.3 Å². The Morgan fingerprint density at radius 1 is 1.53 bits per heavy atom. The van der Waals surface area contributed by atoms with Crippen LogP contribution in [-0.4, -0.2) is 28.6 Å². The van der Waals surface area contributed by atoms with E-state index in [1.807, 2.05) is 20.8 Å². The van der Waals surface area contributed by atoms with Gasteiger partial charge in [-0.2, -0.15) is 4.98 Å². The van der Waals surface area contributed by atoms with Crippen LogP contribution < -0.4 is 11.1 Å². The summed E-state index contributed by atoms with van der Waals surface area (Å²) in [6.07, 6.45) is 0.517. The molecule has 0 aromatic carbocycles. The molecule has 0 aliphatic heterocycles. The molecular formula is C11H20N4O2. The van der Waals surface area contributed by atoms with Gasteiger partial charge in [0.2, 0.25) is 11.8 Å². The van der Waals surface area contributed by atoms with Crippen LogP contribution in [0.3, 0.4) is 0 Å². The zero-order chi connectivity index (χ0) is 13.1. The smallest absolute Gasteiger partial charge is 0.237 e.